The molecular formula is C63H130P+. The first-order chi connectivity index (χ1) is 31.7. The Morgan fingerprint density at radius 3 is 0.328 bits per heavy atom. The maximum absolute atomic E-state index is 2.34. The van der Waals surface area contributed by atoms with Crippen molar-refractivity contribution in [1.82, 2.24) is 0 Å². The third-order valence-electron chi connectivity index (χ3n) is 15.7. The van der Waals surface area contributed by atoms with Crippen molar-refractivity contribution in [3.8, 4) is 0 Å². The SMILES string of the molecule is CCCCCCCCCCCCCCCCCC[P+](CCCCCCCCCCCCCCC)(CCCCCCCCCCCCCCC)CCCCCCCCCCCCCCC. The Morgan fingerprint density at radius 1 is 0.125 bits per heavy atom. The molecule has 0 aromatic rings. The van der Waals surface area contributed by atoms with Gasteiger partial charge in [-0.3, -0.25) is 0 Å². The van der Waals surface area contributed by atoms with Crippen LogP contribution in [-0.4, -0.2) is 24.6 Å². The highest BCUT2D eigenvalue weighted by Gasteiger charge is 2.35. The Morgan fingerprint density at radius 2 is 0.219 bits per heavy atom. The van der Waals surface area contributed by atoms with Crippen LogP contribution in [0.3, 0.4) is 0 Å². The van der Waals surface area contributed by atoms with Gasteiger partial charge in [-0.25, -0.2) is 0 Å². The fraction of sp³-hybridized carbons (Fsp3) is 1.00. The molecule has 0 bridgehead atoms. The van der Waals surface area contributed by atoms with Gasteiger partial charge in [0.2, 0.25) is 0 Å². The van der Waals surface area contributed by atoms with Crippen molar-refractivity contribution in [3.63, 3.8) is 0 Å². The molecule has 0 spiro atoms. The van der Waals surface area contributed by atoms with Crippen molar-refractivity contribution in [1.29, 1.82) is 0 Å². The van der Waals surface area contributed by atoms with Crippen LogP contribution in [0.25, 0.3) is 0 Å². The van der Waals surface area contributed by atoms with Crippen molar-refractivity contribution < 1.29 is 0 Å². The fourth-order valence-electron chi connectivity index (χ4n) is 11.1. The summed E-state index contributed by atoms with van der Waals surface area (Å²) < 4.78 is 0. The minimum absolute atomic E-state index is 0.831. The first-order valence-corrected chi connectivity index (χ1v) is 34.1. The number of rotatable bonds is 59. The van der Waals surface area contributed by atoms with Crippen molar-refractivity contribution >= 4 is 7.26 Å². The lowest BCUT2D eigenvalue weighted by Gasteiger charge is -2.28. The molecule has 0 atom stereocenters. The Bertz CT molecular complexity index is 714. The van der Waals surface area contributed by atoms with Crippen LogP contribution in [0, 0.1) is 0 Å². The molecule has 0 aromatic heterocycles. The van der Waals surface area contributed by atoms with Crippen LogP contribution >= 0.6 is 7.26 Å². The van der Waals surface area contributed by atoms with Gasteiger partial charge < -0.3 is 0 Å². The maximum Gasteiger partial charge on any atom is 0.0594 e. The Balaban J connectivity index is 4.91. The highest BCUT2D eigenvalue weighted by atomic mass is 31.2. The first-order valence-electron chi connectivity index (χ1n) is 31.6. The lowest BCUT2D eigenvalue weighted by atomic mass is 10.0. The molecule has 0 rings (SSSR count). The van der Waals surface area contributed by atoms with Gasteiger partial charge in [0.25, 0.3) is 0 Å². The standard InChI is InChI=1S/C63H130P/c1-5-9-13-17-21-25-29-33-34-35-39-43-47-51-55-59-63-64(60-56-52-48-44-40-36-30-26-22-18-14-10-6-2,61-57-53-49-45-41-37-31-27-23-19-15-11-7-3)62-58-54-50-46-42-38-32-28-24-20-16-12-8-4/h5-63H2,1-4H3/q+1. The minimum atomic E-state index is -0.831. The van der Waals surface area contributed by atoms with Crippen LogP contribution < -0.4 is 0 Å². The molecule has 386 valence electrons. The van der Waals surface area contributed by atoms with E-state index in [4.69, 9.17) is 0 Å². The van der Waals surface area contributed by atoms with Gasteiger partial charge in [0.05, 0.1) is 24.6 Å². The van der Waals surface area contributed by atoms with Gasteiger partial charge in [0, 0.05) is 7.26 Å². The molecule has 0 heterocycles. The van der Waals surface area contributed by atoms with E-state index in [-0.39, 0.29) is 0 Å². The van der Waals surface area contributed by atoms with Gasteiger partial charge in [0.1, 0.15) is 0 Å². The van der Waals surface area contributed by atoms with Crippen molar-refractivity contribution in [2.75, 3.05) is 24.6 Å². The van der Waals surface area contributed by atoms with Gasteiger partial charge in [0.15, 0.2) is 0 Å². The summed E-state index contributed by atoms with van der Waals surface area (Å²) in [6, 6.07) is 0. The molecule has 64 heavy (non-hydrogen) atoms. The highest BCUT2D eigenvalue weighted by molar-refractivity contribution is 7.75. The molecule has 0 saturated heterocycles. The quantitative estimate of drug-likeness (QED) is 0.0421. The fourth-order valence-corrected chi connectivity index (χ4v) is 16.0. The second kappa shape index (κ2) is 57.7. The third-order valence-corrected chi connectivity index (χ3v) is 20.8. The highest BCUT2D eigenvalue weighted by Crippen LogP contribution is 2.61. The Kier molecular flexibility index (Phi) is 58.1. The normalized spacial score (nSPS) is 12.0. The van der Waals surface area contributed by atoms with Crippen LogP contribution in [0.2, 0.25) is 0 Å². The zero-order valence-electron chi connectivity index (χ0n) is 46.2. The summed E-state index contributed by atoms with van der Waals surface area (Å²) in [6.07, 6.45) is 88.8. The molecule has 0 unspecified atom stereocenters. The first kappa shape index (κ1) is 64.4. The second-order valence-corrected chi connectivity index (χ2v) is 26.7. The predicted octanol–water partition coefficient (Wildman–Crippen LogP) is 24.5. The van der Waals surface area contributed by atoms with Gasteiger partial charge in [-0.05, 0) is 51.4 Å². The van der Waals surface area contributed by atoms with E-state index in [0.717, 1.165) is 0 Å². The summed E-state index contributed by atoms with van der Waals surface area (Å²) >= 11 is 0. The van der Waals surface area contributed by atoms with Gasteiger partial charge in [-0.2, -0.15) is 0 Å². The van der Waals surface area contributed by atoms with Crippen molar-refractivity contribution in [3.05, 3.63) is 0 Å². The van der Waals surface area contributed by atoms with E-state index in [2.05, 4.69) is 27.7 Å². The van der Waals surface area contributed by atoms with Gasteiger partial charge >= 0.3 is 0 Å². The average Bonchev–Trinajstić information content (AvgIpc) is 3.30. The van der Waals surface area contributed by atoms with E-state index in [1.165, 1.54) is 327 Å². The molecule has 0 nitrogen and oxygen atoms in total. The molecule has 0 fully saturated rings. The van der Waals surface area contributed by atoms with E-state index >= 15 is 0 Å². The summed E-state index contributed by atoms with van der Waals surface area (Å²) in [5, 5.41) is 0. The molecule has 0 saturated carbocycles. The largest absolute Gasteiger partial charge is 0.0654 e. The number of hydrogen-bond donors (Lipinski definition) is 0. The molecule has 0 aliphatic carbocycles. The third kappa shape index (κ3) is 51.8. The molecule has 1 heteroatoms. The number of unbranched alkanes of at least 4 members (excludes halogenated alkanes) is 51. The topological polar surface area (TPSA) is 0 Å². The second-order valence-electron chi connectivity index (χ2n) is 22.3. The van der Waals surface area contributed by atoms with Crippen LogP contribution in [0.15, 0.2) is 0 Å². The molecule has 0 amide bonds. The van der Waals surface area contributed by atoms with E-state index in [1.54, 1.807) is 50.3 Å². The van der Waals surface area contributed by atoms with Crippen molar-refractivity contribution in [2.45, 2.75) is 381 Å². The van der Waals surface area contributed by atoms with E-state index in [0.29, 0.717) is 0 Å². The van der Waals surface area contributed by atoms with E-state index in [1.807, 2.05) is 0 Å². The molecular weight excluding hydrogens is 788 g/mol. The van der Waals surface area contributed by atoms with E-state index in [9.17, 15) is 0 Å². The monoisotopic (exact) mass is 918 g/mol. The minimum Gasteiger partial charge on any atom is -0.0654 e. The summed E-state index contributed by atoms with van der Waals surface area (Å²) in [6.45, 7) is 9.35. The average molecular weight is 919 g/mol. The Labute approximate surface area is 410 Å². The smallest absolute Gasteiger partial charge is 0.0594 e. The molecule has 0 aliphatic rings. The van der Waals surface area contributed by atoms with Crippen LogP contribution in [0.4, 0.5) is 0 Å². The lowest BCUT2D eigenvalue weighted by molar-refractivity contribution is 0.531. The summed E-state index contributed by atoms with van der Waals surface area (Å²) in [5.41, 5.74) is 0. The van der Waals surface area contributed by atoms with Crippen LogP contribution in [0.5, 0.6) is 0 Å². The molecule has 0 N–H and O–H groups in total. The molecule has 0 radical (unpaired) electrons. The predicted molar refractivity (Wildman–Crippen MR) is 303 cm³/mol. The zero-order chi connectivity index (χ0) is 46.2. The summed E-state index contributed by atoms with van der Waals surface area (Å²) in [4.78, 5) is 0. The van der Waals surface area contributed by atoms with Gasteiger partial charge in [-0.1, -0.05) is 329 Å². The lowest BCUT2D eigenvalue weighted by Crippen LogP contribution is -2.13. The molecule has 0 aromatic carbocycles. The number of hydrogen-bond acceptors (Lipinski definition) is 0. The maximum atomic E-state index is 2.34. The Hall–Kier alpha value is 0.430. The van der Waals surface area contributed by atoms with Crippen LogP contribution in [0.1, 0.15) is 381 Å². The zero-order valence-corrected chi connectivity index (χ0v) is 47.1. The van der Waals surface area contributed by atoms with Gasteiger partial charge in [-0.15, -0.1) is 0 Å². The summed E-state index contributed by atoms with van der Waals surface area (Å²) in [7, 11) is -0.831. The molecule has 0 aliphatic heterocycles. The van der Waals surface area contributed by atoms with E-state index < -0.39 is 7.26 Å². The van der Waals surface area contributed by atoms with Crippen LogP contribution in [-0.2, 0) is 0 Å². The summed E-state index contributed by atoms with van der Waals surface area (Å²) in [5.74, 6) is 0. The van der Waals surface area contributed by atoms with Crippen molar-refractivity contribution in [2.24, 2.45) is 0 Å².